The number of unbranched alkanes of at least 4 members (excludes halogenated alkanes) is 34. The van der Waals surface area contributed by atoms with Gasteiger partial charge in [0.15, 0.2) is 0 Å². The second-order valence-electron chi connectivity index (χ2n) is 15.9. The minimum absolute atomic E-state index is 1.23. The van der Waals surface area contributed by atoms with Crippen molar-refractivity contribution in [2.24, 2.45) is 0 Å². The summed E-state index contributed by atoms with van der Waals surface area (Å²) in [5.74, 6) is 1.63. The van der Waals surface area contributed by atoms with Crippen molar-refractivity contribution in [1.29, 1.82) is 0 Å². The van der Waals surface area contributed by atoms with Gasteiger partial charge in [-0.15, -0.1) is 0 Å². The van der Waals surface area contributed by atoms with Crippen molar-refractivity contribution >= 4 is 0 Å². The molecule has 0 bridgehead atoms. The summed E-state index contributed by atoms with van der Waals surface area (Å²) in [5.41, 5.74) is 0. The van der Waals surface area contributed by atoms with Crippen LogP contribution in [-0.2, 0) is 19.5 Å². The maximum absolute atomic E-state index is 2.65. The van der Waals surface area contributed by atoms with Crippen molar-refractivity contribution in [2.45, 2.75) is 278 Å². The summed E-state index contributed by atoms with van der Waals surface area (Å²) in [5, 5.41) is 0. The fourth-order valence-electron chi connectivity index (χ4n) is 7.74. The van der Waals surface area contributed by atoms with E-state index in [0.717, 1.165) is 0 Å². The topological polar surface area (TPSA) is 8.81 Å². The van der Waals surface area contributed by atoms with Gasteiger partial charge in [-0.3, -0.25) is 0 Å². The average molecular weight is 672 g/mol. The minimum Gasteiger partial charge on any atom is -0.234 e. The first kappa shape index (κ1) is 45.2. The van der Waals surface area contributed by atoms with Gasteiger partial charge in [-0.05, 0) is 32.1 Å². The predicted molar refractivity (Wildman–Crippen MR) is 216 cm³/mol. The largest absolute Gasteiger partial charge is 0.256 e. The molecule has 0 saturated carbocycles. The zero-order valence-corrected chi connectivity index (χ0v) is 33.8. The number of aromatic nitrogens is 2. The highest BCUT2D eigenvalue weighted by atomic mass is 15.1. The van der Waals surface area contributed by atoms with Crippen LogP contribution >= 0.6 is 0 Å². The number of hydrogen-bond acceptors (Lipinski definition) is 0. The zero-order valence-electron chi connectivity index (χ0n) is 33.8. The molecule has 2 nitrogen and oxygen atoms in total. The monoisotopic (exact) mass is 672 g/mol. The quantitative estimate of drug-likeness (QED) is 0.0485. The molecule has 0 spiro atoms. The highest BCUT2D eigenvalue weighted by Gasteiger charge is 2.16. The number of nitrogens with zero attached hydrogens (tertiary/aromatic N) is 2. The van der Waals surface area contributed by atoms with Gasteiger partial charge in [0, 0.05) is 6.42 Å². The molecule has 0 unspecified atom stereocenters. The van der Waals surface area contributed by atoms with Gasteiger partial charge >= 0.3 is 0 Å². The van der Waals surface area contributed by atoms with Crippen molar-refractivity contribution in [3.8, 4) is 0 Å². The third kappa shape index (κ3) is 29.0. The molecule has 0 saturated heterocycles. The molecule has 0 aliphatic rings. The fourth-order valence-corrected chi connectivity index (χ4v) is 7.74. The minimum atomic E-state index is 1.23. The van der Waals surface area contributed by atoms with Crippen LogP contribution in [0.4, 0.5) is 0 Å². The lowest BCUT2D eigenvalue weighted by Crippen LogP contribution is -2.37. The first-order valence-electron chi connectivity index (χ1n) is 22.9. The smallest absolute Gasteiger partial charge is 0.234 e. The Morgan fingerprint density at radius 1 is 0.354 bits per heavy atom. The van der Waals surface area contributed by atoms with E-state index >= 15 is 0 Å². The SMILES string of the molecule is CCCCCCCCCCCCCCCCCn1cc[n+](CCCCCCCCCCCCCC)c1CCCCCCCCCCCC. The van der Waals surface area contributed by atoms with E-state index in [1.807, 2.05) is 0 Å². The van der Waals surface area contributed by atoms with Crippen LogP contribution in [0.25, 0.3) is 0 Å². The number of aryl methyl sites for hydroxylation is 2. The second kappa shape index (κ2) is 37.5. The summed E-state index contributed by atoms with van der Waals surface area (Å²) >= 11 is 0. The molecule has 0 aliphatic heterocycles. The van der Waals surface area contributed by atoms with Gasteiger partial charge in [-0.25, -0.2) is 9.13 Å². The van der Waals surface area contributed by atoms with E-state index in [1.54, 1.807) is 5.82 Å². The van der Waals surface area contributed by atoms with Gasteiger partial charge in [0.05, 0.1) is 13.1 Å². The fraction of sp³-hybridized carbons (Fsp3) is 0.935. The summed E-state index contributed by atoms with van der Waals surface area (Å²) < 4.78 is 5.30. The number of hydrogen-bond donors (Lipinski definition) is 0. The van der Waals surface area contributed by atoms with Crippen LogP contribution in [0.1, 0.15) is 264 Å². The van der Waals surface area contributed by atoms with Crippen LogP contribution in [-0.4, -0.2) is 4.57 Å². The Hall–Kier alpha value is -0.790. The van der Waals surface area contributed by atoms with Gasteiger partial charge in [0.2, 0.25) is 0 Å². The lowest BCUT2D eigenvalue weighted by atomic mass is 10.0. The molecule has 1 rings (SSSR count). The summed E-state index contributed by atoms with van der Waals surface area (Å²) in [6.45, 7) is 9.41. The van der Waals surface area contributed by atoms with Crippen LogP contribution in [0.15, 0.2) is 12.4 Å². The van der Waals surface area contributed by atoms with Crippen molar-refractivity contribution in [2.75, 3.05) is 0 Å². The number of rotatable bonds is 40. The molecule has 1 heterocycles. The maximum atomic E-state index is 2.65. The average Bonchev–Trinajstić information content (AvgIpc) is 3.48. The Morgan fingerprint density at radius 2 is 0.646 bits per heavy atom. The Balaban J connectivity index is 2.26. The number of imidazole rings is 1. The molecule has 0 atom stereocenters. The van der Waals surface area contributed by atoms with Crippen molar-refractivity contribution in [1.82, 2.24) is 4.57 Å². The van der Waals surface area contributed by atoms with E-state index in [4.69, 9.17) is 0 Å². The highest BCUT2D eigenvalue weighted by Crippen LogP contribution is 2.16. The molecule has 0 radical (unpaired) electrons. The van der Waals surface area contributed by atoms with Crippen molar-refractivity contribution < 1.29 is 4.57 Å². The zero-order chi connectivity index (χ0) is 34.4. The maximum Gasteiger partial charge on any atom is 0.256 e. The molecule has 2 heteroatoms. The van der Waals surface area contributed by atoms with E-state index in [9.17, 15) is 0 Å². The lowest BCUT2D eigenvalue weighted by molar-refractivity contribution is -0.704. The summed E-state index contributed by atoms with van der Waals surface area (Å²) in [4.78, 5) is 0. The van der Waals surface area contributed by atoms with E-state index in [2.05, 4.69) is 42.3 Å². The van der Waals surface area contributed by atoms with Gasteiger partial charge in [0.1, 0.15) is 12.4 Å². The van der Waals surface area contributed by atoms with Crippen molar-refractivity contribution in [3.63, 3.8) is 0 Å². The second-order valence-corrected chi connectivity index (χ2v) is 15.9. The van der Waals surface area contributed by atoms with E-state index < -0.39 is 0 Å². The molecule has 48 heavy (non-hydrogen) atoms. The molecule has 0 amide bonds. The lowest BCUT2D eigenvalue weighted by Gasteiger charge is -2.07. The van der Waals surface area contributed by atoms with Crippen LogP contribution in [0, 0.1) is 0 Å². The van der Waals surface area contributed by atoms with Gasteiger partial charge in [-0.2, -0.15) is 0 Å². The summed E-state index contributed by atoms with van der Waals surface area (Å²) in [6.07, 6.45) is 59.3. The van der Waals surface area contributed by atoms with Crippen LogP contribution < -0.4 is 4.57 Å². The molecule has 1 aromatic rings. The van der Waals surface area contributed by atoms with Crippen LogP contribution in [0.3, 0.4) is 0 Å². The summed E-state index contributed by atoms with van der Waals surface area (Å²) in [6, 6.07) is 0. The Bertz CT molecular complexity index is 736. The van der Waals surface area contributed by atoms with Crippen molar-refractivity contribution in [3.05, 3.63) is 18.2 Å². The molecular formula is C46H91N2+. The van der Waals surface area contributed by atoms with Gasteiger partial charge in [-0.1, -0.05) is 226 Å². The van der Waals surface area contributed by atoms with Crippen LogP contribution in [0.2, 0.25) is 0 Å². The van der Waals surface area contributed by atoms with Gasteiger partial charge < -0.3 is 0 Å². The predicted octanol–water partition coefficient (Wildman–Crippen LogP) is 15.8. The molecule has 0 fully saturated rings. The normalized spacial score (nSPS) is 11.6. The Labute approximate surface area is 304 Å². The van der Waals surface area contributed by atoms with E-state index in [0.29, 0.717) is 0 Å². The first-order valence-corrected chi connectivity index (χ1v) is 22.9. The Kier molecular flexibility index (Phi) is 35.3. The molecule has 0 N–H and O–H groups in total. The van der Waals surface area contributed by atoms with E-state index in [1.165, 1.54) is 257 Å². The van der Waals surface area contributed by atoms with Crippen LogP contribution in [0.5, 0.6) is 0 Å². The molecule has 0 aromatic carbocycles. The molecule has 1 aromatic heterocycles. The standard InChI is InChI=1S/C46H91N2/c1-4-7-10-13-16-19-22-24-25-26-28-31-34-37-40-43-48-45-44-47(42-39-36-33-30-27-23-20-17-14-11-8-5-2)46(48)41-38-35-32-29-21-18-15-12-9-6-3/h44-45H,4-43H2,1-3H3/q+1. The first-order chi connectivity index (χ1) is 23.8. The van der Waals surface area contributed by atoms with Gasteiger partial charge in [0.25, 0.3) is 5.82 Å². The summed E-state index contributed by atoms with van der Waals surface area (Å²) in [7, 11) is 0. The third-order valence-corrected chi connectivity index (χ3v) is 11.1. The van der Waals surface area contributed by atoms with E-state index in [-0.39, 0.29) is 0 Å². The molecule has 0 aliphatic carbocycles. The molecular weight excluding hydrogens is 581 g/mol. The Morgan fingerprint density at radius 3 is 1.00 bits per heavy atom. The highest BCUT2D eigenvalue weighted by molar-refractivity contribution is 4.84. The third-order valence-electron chi connectivity index (χ3n) is 11.1. The molecule has 284 valence electrons.